The van der Waals surface area contributed by atoms with Crippen LogP contribution in [0.4, 0.5) is 11.5 Å². The molecule has 0 aliphatic carbocycles. The fraction of sp³-hybridized carbons (Fsp3) is 0.0741. The Morgan fingerprint density at radius 1 is 1.03 bits per heavy atom. The van der Waals surface area contributed by atoms with Gasteiger partial charge < -0.3 is 15.6 Å². The van der Waals surface area contributed by atoms with E-state index in [4.69, 9.17) is 5.73 Å². The molecule has 5 rings (SSSR count). The number of anilines is 2. The molecule has 1 amide bonds. The van der Waals surface area contributed by atoms with Crippen LogP contribution in [0.3, 0.4) is 0 Å². The van der Waals surface area contributed by atoms with Crippen LogP contribution >= 0.6 is 11.3 Å². The molecule has 2 aromatic carbocycles. The standard InChI is InChI=1S/C27H23N5OS/c1-16(2)27(33)31-20-11-9-18(10-12-20)24-22(23-25(28)29-15-30-26(23)32(24)3)21-13-19(14-34-21)17-7-5-4-6-8-17/h4-15H,1H2,2-3H3,(H,31,33)(H2,28,29,30). The number of thiophene rings is 1. The Labute approximate surface area is 201 Å². The minimum atomic E-state index is -0.201. The van der Waals surface area contributed by atoms with E-state index in [9.17, 15) is 4.79 Å². The summed E-state index contributed by atoms with van der Waals surface area (Å²) in [4.78, 5) is 21.9. The molecule has 0 radical (unpaired) electrons. The molecule has 0 fully saturated rings. The van der Waals surface area contributed by atoms with Crippen LogP contribution in [-0.4, -0.2) is 20.4 Å². The molecule has 3 N–H and O–H groups in total. The van der Waals surface area contributed by atoms with Crippen LogP contribution in [0.5, 0.6) is 0 Å². The SMILES string of the molecule is C=C(C)C(=O)Nc1ccc(-c2c(-c3cc(-c4ccccc4)cs3)c3c(N)ncnc3n2C)cc1. The first kappa shape index (κ1) is 21.6. The highest BCUT2D eigenvalue weighted by molar-refractivity contribution is 7.14. The Morgan fingerprint density at radius 3 is 2.47 bits per heavy atom. The van der Waals surface area contributed by atoms with Crippen LogP contribution in [0.25, 0.3) is 43.9 Å². The summed E-state index contributed by atoms with van der Waals surface area (Å²) in [6.07, 6.45) is 1.49. The van der Waals surface area contributed by atoms with Gasteiger partial charge in [0.1, 0.15) is 17.8 Å². The van der Waals surface area contributed by atoms with Crippen LogP contribution in [0, 0.1) is 0 Å². The van der Waals surface area contributed by atoms with Crippen LogP contribution in [0.15, 0.2) is 84.5 Å². The summed E-state index contributed by atoms with van der Waals surface area (Å²) >= 11 is 1.67. The number of benzene rings is 2. The summed E-state index contributed by atoms with van der Waals surface area (Å²) in [5.41, 5.74) is 13.6. The quantitative estimate of drug-likeness (QED) is 0.306. The van der Waals surface area contributed by atoms with Gasteiger partial charge in [-0.1, -0.05) is 49.0 Å². The Bertz CT molecular complexity index is 1530. The number of aromatic nitrogens is 3. The Morgan fingerprint density at radius 2 is 1.76 bits per heavy atom. The third-order valence-corrected chi connectivity index (χ3v) is 6.70. The summed E-state index contributed by atoms with van der Waals surface area (Å²) in [6, 6.07) is 20.2. The maximum absolute atomic E-state index is 12.0. The van der Waals surface area contributed by atoms with Crippen LogP contribution < -0.4 is 11.1 Å². The molecule has 0 aliphatic heterocycles. The number of amides is 1. The average molecular weight is 466 g/mol. The third-order valence-electron chi connectivity index (χ3n) is 5.75. The lowest BCUT2D eigenvalue weighted by molar-refractivity contribution is -0.112. The largest absolute Gasteiger partial charge is 0.383 e. The van der Waals surface area contributed by atoms with Gasteiger partial charge in [-0.25, -0.2) is 9.97 Å². The normalized spacial score (nSPS) is 11.0. The van der Waals surface area contributed by atoms with Gasteiger partial charge in [-0.2, -0.15) is 0 Å². The minimum absolute atomic E-state index is 0.201. The number of fused-ring (bicyclic) bond motifs is 1. The zero-order chi connectivity index (χ0) is 23.8. The second-order valence-corrected chi connectivity index (χ2v) is 9.03. The molecule has 3 aromatic heterocycles. The van der Waals surface area contributed by atoms with Gasteiger partial charge in [0.15, 0.2) is 0 Å². The van der Waals surface area contributed by atoms with Gasteiger partial charge in [0.25, 0.3) is 5.91 Å². The van der Waals surface area contributed by atoms with Gasteiger partial charge in [-0.05, 0) is 47.2 Å². The number of nitrogens with one attached hydrogen (secondary N) is 1. The summed E-state index contributed by atoms with van der Waals surface area (Å²) in [6.45, 7) is 5.37. The Hall–Kier alpha value is -4.23. The summed E-state index contributed by atoms with van der Waals surface area (Å²) < 4.78 is 2.05. The number of hydrogen-bond donors (Lipinski definition) is 2. The molecule has 0 atom stereocenters. The second kappa shape index (κ2) is 8.61. The molecule has 6 nitrogen and oxygen atoms in total. The Balaban J connectivity index is 1.66. The van der Waals surface area contributed by atoms with Crippen molar-refractivity contribution in [2.75, 3.05) is 11.1 Å². The van der Waals surface area contributed by atoms with Gasteiger partial charge >= 0.3 is 0 Å². The molecule has 0 saturated heterocycles. The van der Waals surface area contributed by atoms with Crippen molar-refractivity contribution >= 4 is 39.8 Å². The number of carbonyl (C=O) groups excluding carboxylic acids is 1. The molecule has 168 valence electrons. The molecule has 0 aliphatic rings. The molecule has 3 heterocycles. The van der Waals surface area contributed by atoms with E-state index in [-0.39, 0.29) is 5.91 Å². The van der Waals surface area contributed by atoms with Crippen molar-refractivity contribution in [2.24, 2.45) is 7.05 Å². The fourth-order valence-corrected chi connectivity index (χ4v) is 5.02. The Kier molecular flexibility index (Phi) is 5.47. The van der Waals surface area contributed by atoms with Crippen molar-refractivity contribution in [1.29, 1.82) is 0 Å². The lowest BCUT2D eigenvalue weighted by Crippen LogP contribution is -2.11. The number of nitrogens with zero attached hydrogens (tertiary/aromatic N) is 3. The van der Waals surface area contributed by atoms with Gasteiger partial charge in [0.2, 0.25) is 0 Å². The topological polar surface area (TPSA) is 85.8 Å². The smallest absolute Gasteiger partial charge is 0.250 e. The first-order valence-corrected chi connectivity index (χ1v) is 11.6. The second-order valence-electron chi connectivity index (χ2n) is 8.12. The van der Waals surface area contributed by atoms with E-state index < -0.39 is 0 Å². The van der Waals surface area contributed by atoms with Crippen molar-refractivity contribution < 1.29 is 4.79 Å². The van der Waals surface area contributed by atoms with Crippen molar-refractivity contribution in [3.8, 4) is 32.8 Å². The van der Waals surface area contributed by atoms with Crippen molar-refractivity contribution in [3.05, 3.63) is 84.5 Å². The zero-order valence-corrected chi connectivity index (χ0v) is 19.7. The van der Waals surface area contributed by atoms with E-state index >= 15 is 0 Å². The number of rotatable bonds is 5. The highest BCUT2D eigenvalue weighted by Crippen LogP contribution is 2.45. The average Bonchev–Trinajstić information content (AvgIpc) is 3.44. The van der Waals surface area contributed by atoms with Crippen molar-refractivity contribution in [1.82, 2.24) is 14.5 Å². The van der Waals surface area contributed by atoms with E-state index in [1.807, 2.05) is 54.1 Å². The molecule has 0 spiro atoms. The summed E-state index contributed by atoms with van der Waals surface area (Å²) in [5.74, 6) is 0.245. The molecule has 0 bridgehead atoms. The maximum atomic E-state index is 12.0. The fourth-order valence-electron chi connectivity index (χ4n) is 4.05. The predicted octanol–water partition coefficient (Wildman–Crippen LogP) is 6.13. The van der Waals surface area contributed by atoms with E-state index in [0.29, 0.717) is 17.1 Å². The van der Waals surface area contributed by atoms with Gasteiger partial charge in [-0.15, -0.1) is 11.3 Å². The molecule has 0 saturated carbocycles. The van der Waals surface area contributed by atoms with Crippen molar-refractivity contribution in [2.45, 2.75) is 6.92 Å². The summed E-state index contributed by atoms with van der Waals surface area (Å²) in [5, 5.41) is 5.84. The molecule has 7 heteroatoms. The van der Waals surface area contributed by atoms with E-state index in [1.165, 1.54) is 6.33 Å². The molecular weight excluding hydrogens is 442 g/mol. The minimum Gasteiger partial charge on any atom is -0.383 e. The first-order valence-electron chi connectivity index (χ1n) is 10.7. The number of hydrogen-bond acceptors (Lipinski definition) is 5. The van der Waals surface area contributed by atoms with E-state index in [2.05, 4.69) is 45.4 Å². The molecular formula is C27H23N5OS. The highest BCUT2D eigenvalue weighted by atomic mass is 32.1. The number of aryl methyl sites for hydroxylation is 1. The number of nitrogens with two attached hydrogens (primary N) is 1. The van der Waals surface area contributed by atoms with Crippen LogP contribution in [0.2, 0.25) is 0 Å². The molecule has 5 aromatic rings. The highest BCUT2D eigenvalue weighted by Gasteiger charge is 2.23. The predicted molar refractivity (Wildman–Crippen MR) is 141 cm³/mol. The number of nitrogen functional groups attached to an aromatic ring is 1. The van der Waals surface area contributed by atoms with E-state index in [1.54, 1.807) is 18.3 Å². The monoisotopic (exact) mass is 465 g/mol. The lowest BCUT2D eigenvalue weighted by Gasteiger charge is -2.10. The van der Waals surface area contributed by atoms with Gasteiger partial charge in [-0.3, -0.25) is 4.79 Å². The first-order chi connectivity index (χ1) is 16.4. The summed E-state index contributed by atoms with van der Waals surface area (Å²) in [7, 11) is 1.98. The maximum Gasteiger partial charge on any atom is 0.250 e. The van der Waals surface area contributed by atoms with Gasteiger partial charge in [0.05, 0.1) is 11.1 Å². The molecule has 0 unspecified atom stereocenters. The third kappa shape index (κ3) is 3.76. The zero-order valence-electron chi connectivity index (χ0n) is 18.9. The van der Waals surface area contributed by atoms with E-state index in [0.717, 1.165) is 43.9 Å². The van der Waals surface area contributed by atoms with Crippen LogP contribution in [0.1, 0.15) is 6.92 Å². The lowest BCUT2D eigenvalue weighted by atomic mass is 10.0. The molecule has 34 heavy (non-hydrogen) atoms. The van der Waals surface area contributed by atoms with Crippen LogP contribution in [-0.2, 0) is 11.8 Å². The number of carbonyl (C=O) groups is 1. The van der Waals surface area contributed by atoms with Crippen molar-refractivity contribution in [3.63, 3.8) is 0 Å². The van der Waals surface area contributed by atoms with Gasteiger partial charge in [0, 0.05) is 28.7 Å².